The zero-order valence-electron chi connectivity index (χ0n) is 10.5. The normalized spacial score (nSPS) is 12.3. The zero-order chi connectivity index (χ0) is 12.6. The molecule has 0 amide bonds. The molecule has 3 heteroatoms. The number of rotatable bonds is 6. The summed E-state index contributed by atoms with van der Waals surface area (Å²) in [4.78, 5) is 5.36. The van der Waals surface area contributed by atoms with Gasteiger partial charge in [0.25, 0.3) is 0 Å². The molecule has 94 valence electrons. The van der Waals surface area contributed by atoms with E-state index in [-0.39, 0.29) is 0 Å². The van der Waals surface area contributed by atoms with Gasteiger partial charge in [0.2, 0.25) is 0 Å². The van der Waals surface area contributed by atoms with Crippen molar-refractivity contribution in [2.75, 3.05) is 12.3 Å². The van der Waals surface area contributed by atoms with Gasteiger partial charge in [-0.2, -0.15) is 0 Å². The van der Waals surface area contributed by atoms with Crippen LogP contribution in [0.15, 0.2) is 59.8 Å². The highest BCUT2D eigenvalue weighted by Crippen LogP contribution is 2.16. The standard InChI is InChI=1S/C15H18N2S/c1-13(14-7-9-16-10-8-14)17-11-12-18-15-5-3-2-4-6-15/h2-10,13,17H,11-12H2,1H3/t13-/m1/s1. The van der Waals surface area contributed by atoms with Crippen LogP contribution < -0.4 is 5.32 Å². The molecule has 1 aromatic heterocycles. The fourth-order valence-corrected chi connectivity index (χ4v) is 2.54. The highest BCUT2D eigenvalue weighted by atomic mass is 32.2. The molecule has 0 radical (unpaired) electrons. The van der Waals surface area contributed by atoms with Crippen molar-refractivity contribution in [2.45, 2.75) is 17.9 Å². The molecule has 2 nitrogen and oxygen atoms in total. The third-order valence-electron chi connectivity index (χ3n) is 2.77. The monoisotopic (exact) mass is 258 g/mol. The van der Waals surface area contributed by atoms with Gasteiger partial charge in [0, 0.05) is 35.6 Å². The molecular formula is C15H18N2S. The Labute approximate surface area is 113 Å². The molecule has 2 rings (SSSR count). The molecule has 1 atom stereocenters. The Morgan fingerprint density at radius 1 is 1.11 bits per heavy atom. The molecule has 1 aromatic carbocycles. The van der Waals surface area contributed by atoms with Crippen LogP contribution in [-0.2, 0) is 0 Å². The number of thioether (sulfide) groups is 1. The van der Waals surface area contributed by atoms with E-state index in [0.29, 0.717) is 6.04 Å². The molecule has 0 bridgehead atoms. The Hall–Kier alpha value is -1.32. The average Bonchev–Trinajstić information content (AvgIpc) is 2.45. The number of pyridine rings is 1. The lowest BCUT2D eigenvalue weighted by Crippen LogP contribution is -2.21. The van der Waals surface area contributed by atoms with E-state index >= 15 is 0 Å². The maximum absolute atomic E-state index is 4.03. The van der Waals surface area contributed by atoms with Gasteiger partial charge in [0.05, 0.1) is 0 Å². The molecule has 0 aliphatic carbocycles. The van der Waals surface area contributed by atoms with E-state index < -0.39 is 0 Å². The summed E-state index contributed by atoms with van der Waals surface area (Å²) < 4.78 is 0. The van der Waals surface area contributed by atoms with E-state index in [1.807, 2.05) is 30.2 Å². The number of aromatic nitrogens is 1. The quantitative estimate of drug-likeness (QED) is 0.634. The first kappa shape index (κ1) is 13.1. The third-order valence-corrected chi connectivity index (χ3v) is 3.78. The van der Waals surface area contributed by atoms with Crippen molar-refractivity contribution in [1.29, 1.82) is 0 Å². The molecule has 1 heterocycles. The molecule has 2 aromatic rings. The summed E-state index contributed by atoms with van der Waals surface area (Å²) in [5.74, 6) is 1.08. The molecule has 0 aliphatic rings. The predicted octanol–water partition coefficient (Wildman–Crippen LogP) is 3.52. The molecule has 0 aliphatic heterocycles. The van der Waals surface area contributed by atoms with Gasteiger partial charge in [-0.1, -0.05) is 18.2 Å². The third kappa shape index (κ3) is 4.17. The fraction of sp³-hybridized carbons (Fsp3) is 0.267. The van der Waals surface area contributed by atoms with E-state index in [0.717, 1.165) is 12.3 Å². The SMILES string of the molecule is C[C@@H](NCCSc1ccccc1)c1ccncc1. The minimum absolute atomic E-state index is 0.379. The van der Waals surface area contributed by atoms with Crippen LogP contribution in [0.3, 0.4) is 0 Å². The Bertz CT molecular complexity index is 445. The van der Waals surface area contributed by atoms with Gasteiger partial charge in [-0.05, 0) is 36.8 Å². The topological polar surface area (TPSA) is 24.9 Å². The summed E-state index contributed by atoms with van der Waals surface area (Å²) in [6.07, 6.45) is 3.68. The first-order chi connectivity index (χ1) is 8.86. The van der Waals surface area contributed by atoms with Gasteiger partial charge in [-0.3, -0.25) is 4.98 Å². The number of hydrogen-bond acceptors (Lipinski definition) is 3. The Balaban J connectivity index is 1.70. The minimum Gasteiger partial charge on any atom is -0.309 e. The summed E-state index contributed by atoms with van der Waals surface area (Å²) in [6.45, 7) is 3.19. The largest absolute Gasteiger partial charge is 0.309 e. The number of hydrogen-bond donors (Lipinski definition) is 1. The van der Waals surface area contributed by atoms with Gasteiger partial charge in [0.15, 0.2) is 0 Å². The molecular weight excluding hydrogens is 240 g/mol. The zero-order valence-corrected chi connectivity index (χ0v) is 11.4. The van der Waals surface area contributed by atoms with Crippen molar-refractivity contribution in [3.8, 4) is 0 Å². The van der Waals surface area contributed by atoms with E-state index in [1.165, 1.54) is 10.5 Å². The number of nitrogens with zero attached hydrogens (tertiary/aromatic N) is 1. The summed E-state index contributed by atoms with van der Waals surface area (Å²) in [7, 11) is 0. The molecule has 0 saturated carbocycles. The van der Waals surface area contributed by atoms with E-state index in [1.54, 1.807) is 0 Å². The Morgan fingerprint density at radius 2 is 1.83 bits per heavy atom. The van der Waals surface area contributed by atoms with Crippen LogP contribution in [0.4, 0.5) is 0 Å². The van der Waals surface area contributed by atoms with Crippen LogP contribution in [0, 0.1) is 0 Å². The van der Waals surface area contributed by atoms with Crippen LogP contribution in [0.1, 0.15) is 18.5 Å². The van der Waals surface area contributed by atoms with Crippen molar-refractivity contribution in [3.05, 3.63) is 60.4 Å². The van der Waals surface area contributed by atoms with Gasteiger partial charge < -0.3 is 5.32 Å². The van der Waals surface area contributed by atoms with Crippen LogP contribution in [0.5, 0.6) is 0 Å². The second-order valence-corrected chi connectivity index (χ2v) is 5.29. The first-order valence-electron chi connectivity index (χ1n) is 6.17. The van der Waals surface area contributed by atoms with Gasteiger partial charge in [0.1, 0.15) is 0 Å². The van der Waals surface area contributed by atoms with Crippen molar-refractivity contribution in [3.63, 3.8) is 0 Å². The van der Waals surface area contributed by atoms with Gasteiger partial charge in [-0.15, -0.1) is 11.8 Å². The second kappa shape index (κ2) is 7.19. The first-order valence-corrected chi connectivity index (χ1v) is 7.16. The van der Waals surface area contributed by atoms with Crippen LogP contribution in [0.2, 0.25) is 0 Å². The van der Waals surface area contributed by atoms with Crippen LogP contribution in [0.25, 0.3) is 0 Å². The highest BCUT2D eigenvalue weighted by Gasteiger charge is 2.03. The molecule has 0 saturated heterocycles. The molecule has 1 N–H and O–H groups in total. The Morgan fingerprint density at radius 3 is 2.56 bits per heavy atom. The van der Waals surface area contributed by atoms with Crippen molar-refractivity contribution in [2.24, 2.45) is 0 Å². The molecule has 0 spiro atoms. The van der Waals surface area contributed by atoms with Crippen molar-refractivity contribution >= 4 is 11.8 Å². The summed E-state index contributed by atoms with van der Waals surface area (Å²) in [6, 6.07) is 15.0. The van der Waals surface area contributed by atoms with E-state index in [4.69, 9.17) is 0 Å². The second-order valence-electron chi connectivity index (χ2n) is 4.12. The van der Waals surface area contributed by atoms with Crippen molar-refractivity contribution in [1.82, 2.24) is 10.3 Å². The van der Waals surface area contributed by atoms with Crippen molar-refractivity contribution < 1.29 is 0 Å². The summed E-state index contributed by atoms with van der Waals surface area (Å²) in [5.41, 5.74) is 1.29. The maximum atomic E-state index is 4.03. The number of benzene rings is 1. The van der Waals surface area contributed by atoms with Gasteiger partial charge in [-0.25, -0.2) is 0 Å². The van der Waals surface area contributed by atoms with Crippen LogP contribution >= 0.6 is 11.8 Å². The van der Waals surface area contributed by atoms with Gasteiger partial charge >= 0.3 is 0 Å². The van der Waals surface area contributed by atoms with E-state index in [2.05, 4.69) is 53.6 Å². The lowest BCUT2D eigenvalue weighted by molar-refractivity contribution is 0.600. The average molecular weight is 258 g/mol. The summed E-state index contributed by atoms with van der Waals surface area (Å²) >= 11 is 1.88. The fourth-order valence-electron chi connectivity index (χ4n) is 1.73. The molecule has 18 heavy (non-hydrogen) atoms. The maximum Gasteiger partial charge on any atom is 0.0293 e. The lowest BCUT2D eigenvalue weighted by Gasteiger charge is -2.13. The molecule has 0 fully saturated rings. The van der Waals surface area contributed by atoms with E-state index in [9.17, 15) is 0 Å². The highest BCUT2D eigenvalue weighted by molar-refractivity contribution is 7.99. The minimum atomic E-state index is 0.379. The summed E-state index contributed by atoms with van der Waals surface area (Å²) in [5, 5.41) is 3.52. The lowest BCUT2D eigenvalue weighted by atomic mass is 10.1. The van der Waals surface area contributed by atoms with Crippen LogP contribution in [-0.4, -0.2) is 17.3 Å². The molecule has 0 unspecified atom stereocenters. The smallest absolute Gasteiger partial charge is 0.0293 e. The predicted molar refractivity (Wildman–Crippen MR) is 77.8 cm³/mol. The Kier molecular flexibility index (Phi) is 5.24. The number of nitrogens with one attached hydrogen (secondary N) is 1.